The standard InChI is InChI=1S/C24H42O4Si/c1-9-27-22(25)24(23(26)28-10-2)16-12-11-14-21(24)15-13-17-29(18(3)4,19(5)6)20(7)8/h18-21H,9-12,14-16H2,1-8H3. The van der Waals surface area contributed by atoms with Gasteiger partial charge in [0, 0.05) is 6.42 Å². The average Bonchev–Trinajstić information content (AvgIpc) is 2.64. The van der Waals surface area contributed by atoms with Gasteiger partial charge in [0.05, 0.1) is 13.2 Å². The Hall–Kier alpha value is -1.28. The van der Waals surface area contributed by atoms with Gasteiger partial charge in [-0.2, -0.15) is 0 Å². The summed E-state index contributed by atoms with van der Waals surface area (Å²) in [4.78, 5) is 25.9. The molecule has 0 saturated heterocycles. The van der Waals surface area contributed by atoms with Crippen LogP contribution in [0.25, 0.3) is 0 Å². The minimum Gasteiger partial charge on any atom is -0.465 e. The van der Waals surface area contributed by atoms with Crippen molar-refractivity contribution in [3.05, 3.63) is 0 Å². The summed E-state index contributed by atoms with van der Waals surface area (Å²) >= 11 is 0. The fraction of sp³-hybridized carbons (Fsp3) is 0.833. The van der Waals surface area contributed by atoms with Crippen LogP contribution in [0, 0.1) is 22.8 Å². The van der Waals surface area contributed by atoms with Gasteiger partial charge in [0.2, 0.25) is 0 Å². The molecule has 1 aliphatic rings. The van der Waals surface area contributed by atoms with Crippen LogP contribution in [-0.2, 0) is 19.1 Å². The molecule has 0 spiro atoms. The van der Waals surface area contributed by atoms with Crippen LogP contribution in [0.3, 0.4) is 0 Å². The number of hydrogen-bond acceptors (Lipinski definition) is 4. The number of carbonyl (C=O) groups is 2. The lowest BCUT2D eigenvalue weighted by molar-refractivity contribution is -0.179. The molecule has 0 aromatic heterocycles. The summed E-state index contributed by atoms with van der Waals surface area (Å²) in [5.41, 5.74) is 4.22. The first-order valence-electron chi connectivity index (χ1n) is 11.5. The summed E-state index contributed by atoms with van der Waals surface area (Å²) in [6, 6.07) is 0. The fourth-order valence-corrected chi connectivity index (χ4v) is 10.7. The largest absolute Gasteiger partial charge is 0.465 e. The number of esters is 2. The monoisotopic (exact) mass is 422 g/mol. The van der Waals surface area contributed by atoms with Crippen molar-refractivity contribution in [1.29, 1.82) is 0 Å². The Morgan fingerprint density at radius 2 is 1.41 bits per heavy atom. The predicted molar refractivity (Wildman–Crippen MR) is 121 cm³/mol. The van der Waals surface area contributed by atoms with Crippen molar-refractivity contribution < 1.29 is 19.1 Å². The van der Waals surface area contributed by atoms with Gasteiger partial charge in [-0.15, -0.1) is 11.5 Å². The molecule has 0 radical (unpaired) electrons. The van der Waals surface area contributed by atoms with Crippen molar-refractivity contribution in [2.24, 2.45) is 11.3 Å². The maximum Gasteiger partial charge on any atom is 0.323 e. The Kier molecular flexibility index (Phi) is 9.95. The van der Waals surface area contributed by atoms with E-state index in [9.17, 15) is 9.59 Å². The summed E-state index contributed by atoms with van der Waals surface area (Å²) in [6.07, 6.45) is 3.71. The lowest BCUT2D eigenvalue weighted by atomic mass is 9.65. The van der Waals surface area contributed by atoms with Gasteiger partial charge in [-0.1, -0.05) is 54.4 Å². The third-order valence-electron chi connectivity index (χ3n) is 6.87. The lowest BCUT2D eigenvalue weighted by Gasteiger charge is -2.39. The third kappa shape index (κ3) is 5.26. The number of ether oxygens (including phenoxy) is 2. The highest BCUT2D eigenvalue weighted by atomic mass is 28.3. The van der Waals surface area contributed by atoms with Crippen LogP contribution >= 0.6 is 0 Å². The molecule has 0 amide bonds. The van der Waals surface area contributed by atoms with Gasteiger partial charge in [-0.05, 0) is 49.2 Å². The van der Waals surface area contributed by atoms with Crippen LogP contribution in [0.15, 0.2) is 0 Å². The molecule has 5 heteroatoms. The van der Waals surface area contributed by atoms with Gasteiger partial charge < -0.3 is 9.47 Å². The number of carbonyl (C=O) groups excluding carboxylic acids is 2. The Bertz CT molecular complexity index is 572. The summed E-state index contributed by atoms with van der Waals surface area (Å²) in [5, 5.41) is 0. The highest BCUT2D eigenvalue weighted by molar-refractivity contribution is 6.90. The third-order valence-corrected chi connectivity index (χ3v) is 13.2. The molecule has 29 heavy (non-hydrogen) atoms. The quantitative estimate of drug-likeness (QED) is 0.211. The molecule has 1 fully saturated rings. The second-order valence-electron chi connectivity index (χ2n) is 9.26. The summed E-state index contributed by atoms with van der Waals surface area (Å²) in [7, 11) is -1.84. The summed E-state index contributed by atoms with van der Waals surface area (Å²) in [6.45, 7) is 17.9. The second kappa shape index (κ2) is 11.2. The van der Waals surface area contributed by atoms with Crippen LogP contribution in [0.2, 0.25) is 16.6 Å². The molecule has 0 N–H and O–H groups in total. The van der Waals surface area contributed by atoms with Crippen molar-refractivity contribution in [1.82, 2.24) is 0 Å². The molecule has 1 rings (SSSR count). The lowest BCUT2D eigenvalue weighted by Crippen LogP contribution is -2.49. The van der Waals surface area contributed by atoms with E-state index in [-0.39, 0.29) is 19.1 Å². The Morgan fingerprint density at radius 1 is 0.931 bits per heavy atom. The van der Waals surface area contributed by atoms with Gasteiger partial charge in [0.1, 0.15) is 8.07 Å². The number of hydrogen-bond donors (Lipinski definition) is 0. The minimum atomic E-state index is -1.84. The van der Waals surface area contributed by atoms with E-state index in [1.165, 1.54) is 0 Å². The van der Waals surface area contributed by atoms with E-state index in [1.807, 2.05) is 0 Å². The molecule has 4 nitrogen and oxygen atoms in total. The van der Waals surface area contributed by atoms with Crippen LogP contribution in [0.5, 0.6) is 0 Å². The normalized spacial score (nSPS) is 19.1. The Labute approximate surface area is 179 Å². The molecule has 0 aromatic rings. The zero-order valence-corrected chi connectivity index (χ0v) is 20.9. The van der Waals surface area contributed by atoms with Gasteiger partial charge in [-0.25, -0.2) is 0 Å². The molecule has 0 heterocycles. The van der Waals surface area contributed by atoms with Gasteiger partial charge >= 0.3 is 11.9 Å². The molecule has 0 aromatic carbocycles. The van der Waals surface area contributed by atoms with Gasteiger partial charge in [0.15, 0.2) is 5.41 Å². The van der Waals surface area contributed by atoms with Crippen molar-refractivity contribution in [2.75, 3.05) is 13.2 Å². The smallest absolute Gasteiger partial charge is 0.323 e. The zero-order valence-electron chi connectivity index (χ0n) is 19.9. The van der Waals surface area contributed by atoms with Crippen LogP contribution in [0.1, 0.15) is 87.5 Å². The Morgan fingerprint density at radius 3 is 1.83 bits per heavy atom. The molecule has 1 aliphatic carbocycles. The summed E-state index contributed by atoms with van der Waals surface area (Å²) < 4.78 is 10.7. The molecule has 166 valence electrons. The molecular weight excluding hydrogens is 380 g/mol. The topological polar surface area (TPSA) is 52.6 Å². The molecule has 1 saturated carbocycles. The first kappa shape index (κ1) is 25.8. The highest BCUT2D eigenvalue weighted by Gasteiger charge is 2.55. The minimum absolute atomic E-state index is 0.139. The van der Waals surface area contributed by atoms with E-state index >= 15 is 0 Å². The molecule has 0 aliphatic heterocycles. The van der Waals surface area contributed by atoms with Gasteiger partial charge in [0.25, 0.3) is 0 Å². The van der Waals surface area contributed by atoms with Crippen molar-refractivity contribution >= 4 is 20.0 Å². The average molecular weight is 423 g/mol. The molecule has 1 atom stereocenters. The van der Waals surface area contributed by atoms with E-state index in [0.717, 1.165) is 19.3 Å². The van der Waals surface area contributed by atoms with E-state index in [1.54, 1.807) is 13.8 Å². The van der Waals surface area contributed by atoms with E-state index in [0.29, 0.717) is 29.5 Å². The molecular formula is C24H42O4Si. The van der Waals surface area contributed by atoms with Gasteiger partial charge in [-0.3, -0.25) is 9.59 Å². The molecule has 0 bridgehead atoms. The van der Waals surface area contributed by atoms with E-state index in [2.05, 4.69) is 53.0 Å². The number of rotatable bonds is 8. The van der Waals surface area contributed by atoms with Crippen LogP contribution in [0.4, 0.5) is 0 Å². The van der Waals surface area contributed by atoms with Crippen LogP contribution < -0.4 is 0 Å². The molecule has 1 unspecified atom stereocenters. The summed E-state index contributed by atoms with van der Waals surface area (Å²) in [5.74, 6) is 2.49. The zero-order chi connectivity index (χ0) is 22.2. The van der Waals surface area contributed by atoms with E-state index in [4.69, 9.17) is 9.47 Å². The predicted octanol–water partition coefficient (Wildman–Crippen LogP) is 5.90. The maximum absolute atomic E-state index is 13.0. The van der Waals surface area contributed by atoms with Crippen molar-refractivity contribution in [2.45, 2.75) is 104 Å². The highest BCUT2D eigenvalue weighted by Crippen LogP contribution is 2.46. The Balaban J connectivity index is 3.30. The van der Waals surface area contributed by atoms with Crippen LogP contribution in [-0.4, -0.2) is 33.2 Å². The fourth-order valence-electron chi connectivity index (χ4n) is 5.42. The first-order valence-corrected chi connectivity index (χ1v) is 13.7. The van der Waals surface area contributed by atoms with Crippen molar-refractivity contribution in [3.8, 4) is 11.5 Å². The maximum atomic E-state index is 13.0. The second-order valence-corrected chi connectivity index (χ2v) is 14.8. The van der Waals surface area contributed by atoms with Crippen molar-refractivity contribution in [3.63, 3.8) is 0 Å². The van der Waals surface area contributed by atoms with E-state index < -0.39 is 25.4 Å². The SMILES string of the molecule is CCOC(=O)C1(C(=O)OCC)CCCCC1CC#C[Si](C(C)C)(C(C)C)C(C)C. The first-order chi connectivity index (χ1) is 13.6.